The molecule has 4 aliphatic heterocycles. The van der Waals surface area contributed by atoms with Crippen molar-refractivity contribution in [3.05, 3.63) is 41.0 Å². The van der Waals surface area contributed by atoms with Crippen LogP contribution < -0.4 is 15.8 Å². The molecule has 3 atom stereocenters. The molecule has 11 nitrogen and oxygen atoms in total. The number of aromatic nitrogens is 2. The number of ether oxygens (including phenoxy) is 3. The Morgan fingerprint density at radius 3 is 2.53 bits per heavy atom. The number of alkyl halides is 4. The largest absolute Gasteiger partial charge is 0.467 e. The molecular formula is C37H41F6N7O4S. The molecular weight excluding hydrogens is 753 g/mol. The number of carbonyl (C=O) groups excluding carboxylic acids is 1. The lowest BCUT2D eigenvalue weighted by atomic mass is 9.92. The molecule has 2 aromatic carbocycles. The number of rotatable bonds is 5. The van der Waals surface area contributed by atoms with Crippen molar-refractivity contribution in [1.82, 2.24) is 19.8 Å². The molecule has 3 unspecified atom stereocenters. The molecule has 4 saturated heterocycles. The average Bonchev–Trinajstić information content (AvgIpc) is 3.91. The van der Waals surface area contributed by atoms with Gasteiger partial charge in [-0.1, -0.05) is 6.07 Å². The first-order chi connectivity index (χ1) is 26.2. The second-order valence-electron chi connectivity index (χ2n) is 13.7. The predicted molar refractivity (Wildman–Crippen MR) is 196 cm³/mol. The Labute approximate surface area is 317 Å². The number of anilines is 2. The van der Waals surface area contributed by atoms with Gasteiger partial charge in [0.05, 0.1) is 36.2 Å². The van der Waals surface area contributed by atoms with Crippen molar-refractivity contribution >= 4 is 49.2 Å². The third-order valence-corrected chi connectivity index (χ3v) is 11.1. The first-order valence-electron chi connectivity index (χ1n) is 18.0. The molecule has 4 aromatic rings. The summed E-state index contributed by atoms with van der Waals surface area (Å²) in [6.07, 6.45) is -0.164. The van der Waals surface area contributed by atoms with Gasteiger partial charge >= 0.3 is 18.3 Å². The summed E-state index contributed by atoms with van der Waals surface area (Å²) in [5.41, 5.74) is 2.59. The quantitative estimate of drug-likeness (QED) is 0.192. The van der Waals surface area contributed by atoms with E-state index in [4.69, 9.17) is 19.9 Å². The normalized spacial score (nSPS) is 20.9. The number of hydrogen-bond donors (Lipinski definition) is 2. The van der Waals surface area contributed by atoms with Crippen LogP contribution in [0.4, 0.5) is 42.0 Å². The number of nitriles is 1. The Hall–Kier alpha value is -4.60. The Morgan fingerprint density at radius 2 is 1.93 bits per heavy atom. The second-order valence-corrected chi connectivity index (χ2v) is 14.8. The molecule has 0 saturated carbocycles. The van der Waals surface area contributed by atoms with E-state index in [1.54, 1.807) is 17.9 Å². The van der Waals surface area contributed by atoms with Crippen LogP contribution in [0.3, 0.4) is 0 Å². The summed E-state index contributed by atoms with van der Waals surface area (Å²) in [5.74, 6) is -2.15. The van der Waals surface area contributed by atoms with Crippen LogP contribution in [0.1, 0.15) is 57.1 Å². The third-order valence-electron chi connectivity index (χ3n) is 10.1. The fourth-order valence-corrected chi connectivity index (χ4v) is 8.27. The standard InChI is InChI=1S/C21H14F5N5OS.C9H15NO3.C7H12FN/c1-3-29-19-9-6-11(21(24,25)26)14(15(23)16(9)30-20(31-19)32-2)8-4-5-12(22)17-13(8)10(7-27)18(28)33-17;1-7-3-2-4-10(7)9(11)13-8-5-12-6-8;8-6-4-7-2-1-3-9(7)5-6/h4-6H,3,28H2,1-2H3,(H,29,30,31);7-8H,2-6H2,1H3;6-7H,1-5H2. The molecule has 55 heavy (non-hydrogen) atoms. The van der Waals surface area contributed by atoms with Gasteiger partial charge in [0.1, 0.15) is 34.4 Å². The van der Waals surface area contributed by atoms with Gasteiger partial charge in [0, 0.05) is 48.1 Å². The molecule has 1 amide bonds. The van der Waals surface area contributed by atoms with Crippen LogP contribution >= 0.6 is 11.3 Å². The van der Waals surface area contributed by atoms with E-state index in [0.29, 0.717) is 43.2 Å². The van der Waals surface area contributed by atoms with Crippen LogP contribution in [-0.4, -0.2) is 96.7 Å². The summed E-state index contributed by atoms with van der Waals surface area (Å²) in [5, 5.41) is 11.8. The van der Waals surface area contributed by atoms with Gasteiger partial charge in [-0.3, -0.25) is 4.90 Å². The van der Waals surface area contributed by atoms with Crippen molar-refractivity contribution in [2.45, 2.75) is 76.5 Å². The van der Waals surface area contributed by atoms with E-state index in [1.165, 1.54) is 20.0 Å². The number of benzene rings is 2. The number of nitrogens with one attached hydrogen (secondary N) is 1. The van der Waals surface area contributed by atoms with Crippen LogP contribution in [-0.2, 0) is 15.7 Å². The van der Waals surface area contributed by atoms with Crippen molar-refractivity contribution in [1.29, 1.82) is 5.26 Å². The van der Waals surface area contributed by atoms with Crippen LogP contribution in [0.5, 0.6) is 6.01 Å². The number of hydrogen-bond acceptors (Lipinski definition) is 11. The van der Waals surface area contributed by atoms with Crippen molar-refractivity contribution in [2.75, 3.05) is 57.6 Å². The highest BCUT2D eigenvalue weighted by Gasteiger charge is 2.39. The highest BCUT2D eigenvalue weighted by Crippen LogP contribution is 2.47. The summed E-state index contributed by atoms with van der Waals surface area (Å²) in [4.78, 5) is 23.5. The molecule has 0 aliphatic carbocycles. The summed E-state index contributed by atoms with van der Waals surface area (Å²) >= 11 is 0.698. The number of fused-ring (bicyclic) bond motifs is 3. The van der Waals surface area contributed by atoms with Crippen LogP contribution in [0.2, 0.25) is 0 Å². The zero-order chi connectivity index (χ0) is 39.6. The molecule has 4 fully saturated rings. The van der Waals surface area contributed by atoms with Gasteiger partial charge in [-0.15, -0.1) is 11.3 Å². The second kappa shape index (κ2) is 16.6. The van der Waals surface area contributed by atoms with E-state index >= 15 is 4.39 Å². The predicted octanol–water partition coefficient (Wildman–Crippen LogP) is 7.90. The number of nitrogens with two attached hydrogens (primary N) is 1. The molecule has 2 aromatic heterocycles. The van der Waals surface area contributed by atoms with E-state index in [0.717, 1.165) is 50.6 Å². The number of likely N-dealkylation sites (tertiary alicyclic amines) is 1. The Morgan fingerprint density at radius 1 is 1.18 bits per heavy atom. The van der Waals surface area contributed by atoms with Gasteiger partial charge in [-0.05, 0) is 70.2 Å². The monoisotopic (exact) mass is 793 g/mol. The number of methoxy groups -OCH3 is 1. The number of carbonyl (C=O) groups is 1. The zero-order valence-electron chi connectivity index (χ0n) is 30.4. The van der Waals surface area contributed by atoms with E-state index in [9.17, 15) is 32.0 Å². The van der Waals surface area contributed by atoms with Crippen LogP contribution in [0, 0.1) is 23.0 Å². The third kappa shape index (κ3) is 8.33. The highest BCUT2D eigenvalue weighted by atomic mass is 32.1. The molecule has 0 radical (unpaired) electrons. The minimum absolute atomic E-state index is 0.000278. The lowest BCUT2D eigenvalue weighted by Crippen LogP contribution is -2.43. The number of nitrogen functional groups attached to an aromatic ring is 1. The zero-order valence-corrected chi connectivity index (χ0v) is 31.3. The van der Waals surface area contributed by atoms with E-state index < -0.39 is 40.6 Å². The summed E-state index contributed by atoms with van der Waals surface area (Å²) in [6.45, 7) is 7.87. The Bertz CT molecular complexity index is 2080. The fourth-order valence-electron chi connectivity index (χ4n) is 7.32. The lowest BCUT2D eigenvalue weighted by Gasteiger charge is -2.29. The summed E-state index contributed by atoms with van der Waals surface area (Å²) in [6, 6.07) is 5.09. The smallest absolute Gasteiger partial charge is 0.417 e. The molecule has 18 heteroatoms. The first-order valence-corrected chi connectivity index (χ1v) is 18.8. The minimum Gasteiger partial charge on any atom is -0.467 e. The maximum absolute atomic E-state index is 15.9. The van der Waals surface area contributed by atoms with Crippen molar-refractivity contribution < 1.29 is 45.3 Å². The van der Waals surface area contributed by atoms with Crippen LogP contribution in [0.15, 0.2) is 18.2 Å². The molecule has 0 bridgehead atoms. The maximum Gasteiger partial charge on any atom is 0.417 e. The molecule has 6 heterocycles. The molecule has 4 aliphatic rings. The number of thiophene rings is 1. The number of nitrogens with zero attached hydrogens (tertiary/aromatic N) is 5. The Balaban J connectivity index is 0.000000187. The fraction of sp³-hybridized carbons (Fsp3) is 0.514. The van der Waals surface area contributed by atoms with Crippen LogP contribution in [0.25, 0.3) is 32.1 Å². The molecule has 8 rings (SSSR count). The Kier molecular flexibility index (Phi) is 12.1. The van der Waals surface area contributed by atoms with Gasteiger partial charge in [0.15, 0.2) is 11.9 Å². The van der Waals surface area contributed by atoms with Crippen molar-refractivity contribution in [2.24, 2.45) is 0 Å². The van der Waals surface area contributed by atoms with E-state index in [2.05, 4.69) is 27.1 Å². The SMILES string of the molecule is CC1CCCN1C(=O)OC1COC1.CCNc1nc(OC)nc2c(F)c(-c3ccc(F)c4sc(N)c(C#N)c34)c(C(F)(F)F)cc12.FC1CC2CCCN2C1. The van der Waals surface area contributed by atoms with E-state index in [-0.39, 0.29) is 62.2 Å². The van der Waals surface area contributed by atoms with Gasteiger partial charge in [0.2, 0.25) is 0 Å². The lowest BCUT2D eigenvalue weighted by molar-refractivity contribution is -0.137. The number of halogens is 6. The molecule has 3 N–H and O–H groups in total. The summed E-state index contributed by atoms with van der Waals surface area (Å²) in [7, 11) is 1.23. The first kappa shape index (κ1) is 40.1. The van der Waals surface area contributed by atoms with Gasteiger partial charge in [-0.2, -0.15) is 28.4 Å². The van der Waals surface area contributed by atoms with Gasteiger partial charge in [-0.25, -0.2) is 18.0 Å². The minimum atomic E-state index is -5.00. The maximum atomic E-state index is 15.9. The van der Waals surface area contributed by atoms with Crippen molar-refractivity contribution in [3.8, 4) is 23.2 Å². The molecule has 296 valence electrons. The summed E-state index contributed by atoms with van der Waals surface area (Å²) < 4.78 is 100. The highest BCUT2D eigenvalue weighted by molar-refractivity contribution is 7.23. The van der Waals surface area contributed by atoms with Gasteiger partial charge < -0.3 is 30.2 Å². The topological polar surface area (TPSA) is 139 Å². The van der Waals surface area contributed by atoms with Crippen molar-refractivity contribution in [3.63, 3.8) is 0 Å². The van der Waals surface area contributed by atoms with Gasteiger partial charge in [0.25, 0.3) is 0 Å². The number of amides is 1. The molecule has 0 spiro atoms. The average molecular weight is 794 g/mol. The van der Waals surface area contributed by atoms with E-state index in [1.807, 2.05) is 0 Å².